The highest BCUT2D eigenvalue weighted by molar-refractivity contribution is 5.46. The minimum absolute atomic E-state index is 0.00792. The molecule has 1 aromatic heterocycles. The predicted molar refractivity (Wildman–Crippen MR) is 111 cm³/mol. The lowest BCUT2D eigenvalue weighted by molar-refractivity contribution is 0.0492. The Morgan fingerprint density at radius 2 is 1.17 bits per heavy atom. The van der Waals surface area contributed by atoms with Gasteiger partial charge in [-0.05, 0) is 12.8 Å². The van der Waals surface area contributed by atoms with Crippen LogP contribution in [0.1, 0.15) is 12.8 Å². The van der Waals surface area contributed by atoms with Crippen molar-refractivity contribution < 1.29 is 4.74 Å². The molecule has 12 heteroatoms. The van der Waals surface area contributed by atoms with Crippen LogP contribution in [-0.2, 0) is 4.74 Å². The fraction of sp³-hybridized carbons (Fsp3) is 0.824. The van der Waals surface area contributed by atoms with Crippen LogP contribution < -0.4 is 38.2 Å². The molecule has 0 aliphatic carbocycles. The smallest absolute Gasteiger partial charge is 0.244 e. The molecular weight excluding hydrogens is 374 g/mol. The van der Waals surface area contributed by atoms with Crippen molar-refractivity contribution in [1.29, 1.82) is 0 Å². The third-order valence-corrected chi connectivity index (χ3v) is 5.48. The summed E-state index contributed by atoms with van der Waals surface area (Å²) in [7, 11) is 0. The first-order valence-corrected chi connectivity index (χ1v) is 10.3. The number of piperidine rings is 2. The molecule has 0 radical (unpaired) electrons. The third-order valence-electron chi connectivity index (χ3n) is 5.48. The number of hydrogen-bond acceptors (Lipinski definition) is 12. The molecule has 9 N–H and O–H groups in total. The molecule has 12 nitrogen and oxygen atoms in total. The number of anilines is 3. The van der Waals surface area contributed by atoms with E-state index in [-0.39, 0.29) is 24.2 Å². The van der Waals surface area contributed by atoms with E-state index < -0.39 is 0 Å². The Labute approximate surface area is 170 Å². The molecule has 3 aliphatic rings. The standard InChI is InChI=1S/C17H33N11O/c18-11-5-12(19)8-26(7-11)16-22-15(25-28-1-3-29-4-2-28)23-17(24-16)27-9-13(20)6-14(21)10-27/h11-14H,1-10,18-21H2,(H,22,23,24,25)/t11-,12+,13-,14+. The summed E-state index contributed by atoms with van der Waals surface area (Å²) in [4.78, 5) is 18.1. The number of morpholine rings is 1. The molecule has 3 saturated heterocycles. The largest absolute Gasteiger partial charge is 0.379 e. The van der Waals surface area contributed by atoms with Crippen LogP contribution in [0.15, 0.2) is 0 Å². The number of hydrogen-bond donors (Lipinski definition) is 5. The van der Waals surface area contributed by atoms with Crippen molar-refractivity contribution in [1.82, 2.24) is 20.0 Å². The minimum Gasteiger partial charge on any atom is -0.379 e. The highest BCUT2D eigenvalue weighted by atomic mass is 16.5. The van der Waals surface area contributed by atoms with Crippen LogP contribution in [0.3, 0.4) is 0 Å². The maximum absolute atomic E-state index is 6.18. The summed E-state index contributed by atoms with van der Waals surface area (Å²) in [6.07, 6.45) is 1.59. The molecule has 0 saturated carbocycles. The minimum atomic E-state index is -0.00792. The first-order chi connectivity index (χ1) is 14.0. The Kier molecular flexibility index (Phi) is 6.27. The average molecular weight is 408 g/mol. The molecule has 4 atom stereocenters. The van der Waals surface area contributed by atoms with Crippen LogP contribution in [0.25, 0.3) is 0 Å². The molecule has 3 aliphatic heterocycles. The van der Waals surface area contributed by atoms with Crippen molar-refractivity contribution >= 4 is 17.8 Å². The average Bonchev–Trinajstić information content (AvgIpc) is 2.67. The van der Waals surface area contributed by atoms with Gasteiger partial charge >= 0.3 is 0 Å². The lowest BCUT2D eigenvalue weighted by atomic mass is 10.0. The molecule has 0 aromatic carbocycles. The predicted octanol–water partition coefficient (Wildman–Crippen LogP) is -2.74. The van der Waals surface area contributed by atoms with E-state index in [0.29, 0.717) is 57.2 Å². The Morgan fingerprint density at radius 1 is 0.724 bits per heavy atom. The number of nitrogens with one attached hydrogen (secondary N) is 1. The number of hydrazine groups is 1. The van der Waals surface area contributed by atoms with Gasteiger partial charge < -0.3 is 37.5 Å². The summed E-state index contributed by atoms with van der Waals surface area (Å²) < 4.78 is 5.42. The summed E-state index contributed by atoms with van der Waals surface area (Å²) in [6.45, 7) is 5.50. The molecule has 4 heterocycles. The Morgan fingerprint density at radius 3 is 1.62 bits per heavy atom. The van der Waals surface area contributed by atoms with Gasteiger partial charge in [-0.1, -0.05) is 0 Å². The summed E-state index contributed by atoms with van der Waals surface area (Å²) in [5.74, 6) is 1.64. The van der Waals surface area contributed by atoms with E-state index in [9.17, 15) is 0 Å². The van der Waals surface area contributed by atoms with Crippen LogP contribution in [0.4, 0.5) is 17.8 Å². The van der Waals surface area contributed by atoms with Crippen LogP contribution in [-0.4, -0.2) is 96.6 Å². The second kappa shape index (κ2) is 8.90. The number of nitrogens with zero attached hydrogens (tertiary/aromatic N) is 6. The van der Waals surface area contributed by atoms with Crippen LogP contribution >= 0.6 is 0 Å². The van der Waals surface area contributed by atoms with E-state index in [1.54, 1.807) is 0 Å². The maximum Gasteiger partial charge on any atom is 0.244 e. The normalized spacial score (nSPS) is 31.7. The van der Waals surface area contributed by atoms with Gasteiger partial charge in [0.15, 0.2) is 0 Å². The van der Waals surface area contributed by atoms with Crippen molar-refractivity contribution in [3.63, 3.8) is 0 Å². The zero-order valence-electron chi connectivity index (χ0n) is 16.8. The van der Waals surface area contributed by atoms with E-state index in [2.05, 4.69) is 15.4 Å². The van der Waals surface area contributed by atoms with Crippen molar-refractivity contribution in [2.24, 2.45) is 22.9 Å². The van der Waals surface area contributed by atoms with Gasteiger partial charge in [-0.15, -0.1) is 0 Å². The SMILES string of the molecule is N[C@@H]1C[C@H](N)CN(c2nc(NN3CCOCC3)nc(N3C[C@H](N)C[C@H](N)C3)n2)C1. The van der Waals surface area contributed by atoms with Crippen molar-refractivity contribution in [2.75, 3.05) is 67.7 Å². The number of nitrogens with two attached hydrogens (primary N) is 4. The van der Waals surface area contributed by atoms with E-state index in [4.69, 9.17) is 32.7 Å². The van der Waals surface area contributed by atoms with Gasteiger partial charge in [-0.2, -0.15) is 15.0 Å². The summed E-state index contributed by atoms with van der Waals surface area (Å²) in [5.41, 5.74) is 28.0. The Hall–Kier alpha value is -1.83. The zero-order chi connectivity index (χ0) is 20.4. The lowest BCUT2D eigenvalue weighted by Gasteiger charge is -2.37. The molecule has 29 heavy (non-hydrogen) atoms. The van der Waals surface area contributed by atoms with Crippen molar-refractivity contribution in [3.05, 3.63) is 0 Å². The van der Waals surface area contributed by atoms with E-state index in [0.717, 1.165) is 25.9 Å². The van der Waals surface area contributed by atoms with Crippen LogP contribution in [0.2, 0.25) is 0 Å². The molecule has 0 unspecified atom stereocenters. The van der Waals surface area contributed by atoms with Gasteiger partial charge in [-0.3, -0.25) is 5.43 Å². The molecule has 4 rings (SSSR count). The summed E-state index contributed by atoms with van der Waals surface area (Å²) >= 11 is 0. The third kappa shape index (κ3) is 5.21. The second-order valence-electron chi connectivity index (χ2n) is 8.29. The van der Waals surface area contributed by atoms with Crippen LogP contribution in [0, 0.1) is 0 Å². The van der Waals surface area contributed by atoms with E-state index in [1.165, 1.54) is 0 Å². The Balaban J connectivity index is 1.61. The number of rotatable bonds is 4. The van der Waals surface area contributed by atoms with Crippen LogP contribution in [0.5, 0.6) is 0 Å². The fourth-order valence-electron chi connectivity index (χ4n) is 4.19. The molecule has 0 spiro atoms. The van der Waals surface area contributed by atoms with Gasteiger partial charge in [0.1, 0.15) is 0 Å². The molecule has 0 bridgehead atoms. The maximum atomic E-state index is 6.18. The highest BCUT2D eigenvalue weighted by Gasteiger charge is 2.29. The summed E-state index contributed by atoms with van der Waals surface area (Å²) in [5, 5.41) is 2.05. The fourth-order valence-corrected chi connectivity index (χ4v) is 4.19. The molecule has 0 amide bonds. The molecule has 162 valence electrons. The van der Waals surface area contributed by atoms with Gasteiger partial charge in [-0.25, -0.2) is 5.01 Å². The van der Waals surface area contributed by atoms with Crippen molar-refractivity contribution in [3.8, 4) is 0 Å². The zero-order valence-corrected chi connectivity index (χ0v) is 16.8. The first kappa shape index (κ1) is 20.4. The second-order valence-corrected chi connectivity index (χ2v) is 8.29. The molecule has 3 fully saturated rings. The monoisotopic (exact) mass is 407 g/mol. The quantitative estimate of drug-likeness (QED) is 0.349. The van der Waals surface area contributed by atoms with E-state index >= 15 is 0 Å². The van der Waals surface area contributed by atoms with Gasteiger partial charge in [0, 0.05) is 63.4 Å². The van der Waals surface area contributed by atoms with Gasteiger partial charge in [0.2, 0.25) is 17.8 Å². The number of aromatic nitrogens is 3. The lowest BCUT2D eigenvalue weighted by Crippen LogP contribution is -2.54. The highest BCUT2D eigenvalue weighted by Crippen LogP contribution is 2.22. The first-order valence-electron chi connectivity index (χ1n) is 10.3. The Bertz CT molecular complexity index is 621. The number of ether oxygens (including phenoxy) is 1. The van der Waals surface area contributed by atoms with E-state index in [1.807, 2.05) is 14.8 Å². The molecule has 1 aromatic rings. The molecular formula is C17H33N11O. The van der Waals surface area contributed by atoms with Gasteiger partial charge in [0.25, 0.3) is 0 Å². The van der Waals surface area contributed by atoms with Crippen molar-refractivity contribution in [2.45, 2.75) is 37.0 Å². The topological polar surface area (TPSA) is 174 Å². The van der Waals surface area contributed by atoms with Gasteiger partial charge in [0.05, 0.1) is 13.2 Å². The summed E-state index contributed by atoms with van der Waals surface area (Å²) in [6, 6.07) is -0.0317.